The fourth-order valence-electron chi connectivity index (χ4n) is 3.00. The SMILES string of the molecule is CC(C)n1nccc1C(=O)N[C@@H](C)c1ccc(NC(=O)OCc2ccc(Cl)cc2)cc1. The van der Waals surface area contributed by atoms with Gasteiger partial charge < -0.3 is 10.1 Å². The van der Waals surface area contributed by atoms with Gasteiger partial charge in [-0.25, -0.2) is 4.79 Å². The van der Waals surface area contributed by atoms with E-state index < -0.39 is 6.09 Å². The lowest BCUT2D eigenvalue weighted by atomic mass is 10.1. The van der Waals surface area contributed by atoms with Crippen LogP contribution in [-0.2, 0) is 11.3 Å². The molecule has 0 aliphatic carbocycles. The van der Waals surface area contributed by atoms with Gasteiger partial charge in [0.25, 0.3) is 5.91 Å². The Bertz CT molecular complexity index is 1030. The molecular formula is C23H25ClN4O3. The van der Waals surface area contributed by atoms with Gasteiger partial charge >= 0.3 is 6.09 Å². The number of halogens is 1. The Balaban J connectivity index is 1.52. The van der Waals surface area contributed by atoms with Crippen LogP contribution in [0.25, 0.3) is 0 Å². The van der Waals surface area contributed by atoms with Crippen LogP contribution in [0.5, 0.6) is 0 Å². The third kappa shape index (κ3) is 6.08. The van der Waals surface area contributed by atoms with Crippen molar-refractivity contribution in [2.24, 2.45) is 0 Å². The van der Waals surface area contributed by atoms with E-state index in [2.05, 4.69) is 15.7 Å². The molecule has 2 N–H and O–H groups in total. The van der Waals surface area contributed by atoms with E-state index in [1.54, 1.807) is 53.3 Å². The van der Waals surface area contributed by atoms with Crippen LogP contribution in [0.3, 0.4) is 0 Å². The molecule has 0 bridgehead atoms. The van der Waals surface area contributed by atoms with Gasteiger partial charge in [-0.3, -0.25) is 14.8 Å². The summed E-state index contributed by atoms with van der Waals surface area (Å²) in [6.07, 6.45) is 1.07. The zero-order chi connectivity index (χ0) is 22.4. The van der Waals surface area contributed by atoms with Crippen molar-refractivity contribution in [3.8, 4) is 0 Å². The topological polar surface area (TPSA) is 85.3 Å². The average Bonchev–Trinajstić information content (AvgIpc) is 3.24. The van der Waals surface area contributed by atoms with Gasteiger partial charge in [-0.1, -0.05) is 35.9 Å². The van der Waals surface area contributed by atoms with Gasteiger partial charge in [0, 0.05) is 22.9 Å². The first-order valence-corrected chi connectivity index (χ1v) is 10.3. The quantitative estimate of drug-likeness (QED) is 0.518. The lowest BCUT2D eigenvalue weighted by Gasteiger charge is -2.16. The predicted molar refractivity (Wildman–Crippen MR) is 120 cm³/mol. The second-order valence-corrected chi connectivity index (χ2v) is 7.84. The number of nitrogens with zero attached hydrogens (tertiary/aromatic N) is 2. The molecule has 8 heteroatoms. The first kappa shape index (κ1) is 22.4. The molecule has 162 valence electrons. The van der Waals surface area contributed by atoms with Gasteiger partial charge in [0.05, 0.1) is 6.04 Å². The lowest BCUT2D eigenvalue weighted by molar-refractivity contribution is 0.0927. The van der Waals surface area contributed by atoms with Crippen LogP contribution >= 0.6 is 11.6 Å². The number of hydrogen-bond donors (Lipinski definition) is 2. The number of aromatic nitrogens is 2. The molecule has 0 aliphatic heterocycles. The standard InChI is InChI=1S/C23H25ClN4O3/c1-15(2)28-21(12-13-25-28)22(29)26-16(3)18-6-10-20(11-7-18)27-23(30)31-14-17-4-8-19(24)9-5-17/h4-13,15-16H,14H2,1-3H3,(H,26,29)(H,27,30)/t16-/m0/s1. The molecule has 1 atom stereocenters. The van der Waals surface area contributed by atoms with Crippen molar-refractivity contribution in [3.63, 3.8) is 0 Å². The Morgan fingerprint density at radius 1 is 1.03 bits per heavy atom. The van der Waals surface area contributed by atoms with Crippen LogP contribution in [0.15, 0.2) is 60.8 Å². The molecular weight excluding hydrogens is 416 g/mol. The minimum atomic E-state index is -0.550. The third-order valence-electron chi connectivity index (χ3n) is 4.68. The number of carbonyl (C=O) groups excluding carboxylic acids is 2. The van der Waals surface area contributed by atoms with Gasteiger partial charge in [0.1, 0.15) is 12.3 Å². The Labute approximate surface area is 186 Å². The van der Waals surface area contributed by atoms with Crippen LogP contribution in [0.4, 0.5) is 10.5 Å². The minimum absolute atomic E-state index is 0.0934. The van der Waals surface area contributed by atoms with Gasteiger partial charge in [0.2, 0.25) is 0 Å². The van der Waals surface area contributed by atoms with Gasteiger partial charge in [0.15, 0.2) is 0 Å². The number of nitrogens with one attached hydrogen (secondary N) is 2. The maximum absolute atomic E-state index is 12.6. The smallest absolute Gasteiger partial charge is 0.411 e. The Morgan fingerprint density at radius 2 is 1.71 bits per heavy atom. The number of anilines is 1. The molecule has 3 rings (SSSR count). The largest absolute Gasteiger partial charge is 0.444 e. The maximum atomic E-state index is 12.6. The van der Waals surface area contributed by atoms with E-state index in [4.69, 9.17) is 16.3 Å². The highest BCUT2D eigenvalue weighted by molar-refractivity contribution is 6.30. The first-order chi connectivity index (χ1) is 14.8. The average molecular weight is 441 g/mol. The molecule has 2 aromatic carbocycles. The Kier molecular flexibility index (Phi) is 7.31. The van der Waals surface area contributed by atoms with E-state index in [-0.39, 0.29) is 24.6 Å². The van der Waals surface area contributed by atoms with Crippen LogP contribution in [0, 0.1) is 0 Å². The highest BCUT2D eigenvalue weighted by Gasteiger charge is 2.17. The molecule has 0 saturated heterocycles. The van der Waals surface area contributed by atoms with Crippen molar-refractivity contribution in [1.82, 2.24) is 15.1 Å². The van der Waals surface area contributed by atoms with E-state index in [9.17, 15) is 9.59 Å². The minimum Gasteiger partial charge on any atom is -0.444 e. The summed E-state index contributed by atoms with van der Waals surface area (Å²) in [5.41, 5.74) is 2.87. The highest BCUT2D eigenvalue weighted by atomic mass is 35.5. The number of amides is 2. The summed E-state index contributed by atoms with van der Waals surface area (Å²) < 4.78 is 6.90. The number of benzene rings is 2. The van der Waals surface area contributed by atoms with Crippen LogP contribution in [0.1, 0.15) is 54.5 Å². The molecule has 0 spiro atoms. The molecule has 0 radical (unpaired) electrons. The molecule has 2 amide bonds. The Hall–Kier alpha value is -3.32. The van der Waals surface area contributed by atoms with Crippen LogP contribution in [0.2, 0.25) is 5.02 Å². The summed E-state index contributed by atoms with van der Waals surface area (Å²) in [4.78, 5) is 24.6. The van der Waals surface area contributed by atoms with Crippen molar-refractivity contribution in [2.75, 3.05) is 5.32 Å². The highest BCUT2D eigenvalue weighted by Crippen LogP contribution is 2.18. The summed E-state index contributed by atoms with van der Waals surface area (Å²) in [6.45, 7) is 5.99. The fraction of sp³-hybridized carbons (Fsp3) is 0.261. The van der Waals surface area contributed by atoms with Crippen LogP contribution < -0.4 is 10.6 Å². The summed E-state index contributed by atoms with van der Waals surface area (Å²) in [7, 11) is 0. The van der Waals surface area contributed by atoms with Crippen molar-refractivity contribution in [1.29, 1.82) is 0 Å². The summed E-state index contributed by atoms with van der Waals surface area (Å²) >= 11 is 5.84. The lowest BCUT2D eigenvalue weighted by Crippen LogP contribution is -2.29. The van der Waals surface area contributed by atoms with E-state index in [0.29, 0.717) is 16.4 Å². The number of ether oxygens (including phenoxy) is 1. The van der Waals surface area contributed by atoms with Crippen LogP contribution in [-0.4, -0.2) is 21.8 Å². The molecule has 1 heterocycles. The van der Waals surface area contributed by atoms with E-state index >= 15 is 0 Å². The molecule has 0 aliphatic rings. The van der Waals surface area contributed by atoms with Crippen molar-refractivity contribution < 1.29 is 14.3 Å². The first-order valence-electron chi connectivity index (χ1n) is 9.96. The zero-order valence-corrected chi connectivity index (χ0v) is 18.4. The number of hydrogen-bond acceptors (Lipinski definition) is 4. The molecule has 7 nitrogen and oxygen atoms in total. The van der Waals surface area contributed by atoms with Gasteiger partial charge in [-0.05, 0) is 62.2 Å². The van der Waals surface area contributed by atoms with E-state index in [1.807, 2.05) is 32.9 Å². The monoisotopic (exact) mass is 440 g/mol. The molecule has 0 unspecified atom stereocenters. The van der Waals surface area contributed by atoms with Crippen molar-refractivity contribution in [3.05, 3.63) is 82.6 Å². The molecule has 1 aromatic heterocycles. The molecule has 3 aromatic rings. The number of carbonyl (C=O) groups is 2. The number of rotatable bonds is 7. The van der Waals surface area contributed by atoms with E-state index in [1.165, 1.54) is 0 Å². The fourth-order valence-corrected chi connectivity index (χ4v) is 3.12. The summed E-state index contributed by atoms with van der Waals surface area (Å²) in [5.74, 6) is -0.188. The second-order valence-electron chi connectivity index (χ2n) is 7.40. The summed E-state index contributed by atoms with van der Waals surface area (Å²) in [5, 5.41) is 10.5. The normalized spacial score (nSPS) is 11.8. The Morgan fingerprint density at radius 3 is 2.35 bits per heavy atom. The zero-order valence-electron chi connectivity index (χ0n) is 17.6. The maximum Gasteiger partial charge on any atom is 0.411 e. The van der Waals surface area contributed by atoms with Gasteiger partial charge in [-0.2, -0.15) is 5.10 Å². The third-order valence-corrected chi connectivity index (χ3v) is 4.93. The molecule has 31 heavy (non-hydrogen) atoms. The summed E-state index contributed by atoms with van der Waals surface area (Å²) in [6, 6.07) is 15.9. The van der Waals surface area contributed by atoms with Gasteiger partial charge in [-0.15, -0.1) is 0 Å². The van der Waals surface area contributed by atoms with Crippen molar-refractivity contribution in [2.45, 2.75) is 39.5 Å². The van der Waals surface area contributed by atoms with Crippen molar-refractivity contribution >= 4 is 29.3 Å². The molecule has 0 saturated carbocycles. The second kappa shape index (κ2) is 10.1. The van der Waals surface area contributed by atoms with E-state index in [0.717, 1.165) is 11.1 Å². The predicted octanol–water partition coefficient (Wildman–Crippen LogP) is 5.36. The molecule has 0 fully saturated rings.